The third-order valence-electron chi connectivity index (χ3n) is 2.97. The maximum absolute atomic E-state index is 9.04. The van der Waals surface area contributed by atoms with E-state index in [1.807, 2.05) is 6.07 Å². The Kier molecular flexibility index (Phi) is 3.06. The number of nitrogens with two attached hydrogens (primary N) is 1. The number of pyridine rings is 1. The molecule has 2 rings (SSSR count). The average molecular weight is 207 g/mol. The number of nitrogens with zero attached hydrogens (tertiary/aromatic N) is 2. The third kappa shape index (κ3) is 2.39. The molecule has 2 heterocycles. The number of aliphatic hydroxyl groups is 1. The molecule has 3 N–H and O–H groups in total. The molecule has 0 bridgehead atoms. The number of rotatable bonds is 2. The zero-order chi connectivity index (χ0) is 10.7. The number of aromatic nitrogens is 1. The first-order chi connectivity index (χ1) is 7.29. The van der Waals surface area contributed by atoms with Gasteiger partial charge in [0.1, 0.15) is 5.82 Å². The molecular weight excluding hydrogens is 190 g/mol. The summed E-state index contributed by atoms with van der Waals surface area (Å²) in [7, 11) is 0. The molecule has 1 aliphatic rings. The Morgan fingerprint density at radius 2 is 2.20 bits per heavy atom. The lowest BCUT2D eigenvalue weighted by Crippen LogP contribution is -2.35. The first kappa shape index (κ1) is 10.2. The lowest BCUT2D eigenvalue weighted by Gasteiger charge is -2.31. The van der Waals surface area contributed by atoms with Crippen molar-refractivity contribution in [2.24, 2.45) is 5.92 Å². The normalized spacial score (nSPS) is 18.1. The Morgan fingerprint density at radius 1 is 1.47 bits per heavy atom. The molecule has 1 aromatic heterocycles. The zero-order valence-corrected chi connectivity index (χ0v) is 8.76. The number of anilines is 2. The van der Waals surface area contributed by atoms with Gasteiger partial charge in [-0.05, 0) is 24.8 Å². The lowest BCUT2D eigenvalue weighted by molar-refractivity contribution is 0.203. The summed E-state index contributed by atoms with van der Waals surface area (Å²) in [6.07, 6.45) is 3.81. The van der Waals surface area contributed by atoms with E-state index in [9.17, 15) is 0 Å². The molecule has 0 aromatic carbocycles. The molecule has 1 saturated heterocycles. The molecule has 0 aliphatic carbocycles. The van der Waals surface area contributed by atoms with Crippen LogP contribution in [0.1, 0.15) is 12.8 Å². The highest BCUT2D eigenvalue weighted by atomic mass is 16.3. The summed E-state index contributed by atoms with van der Waals surface area (Å²) >= 11 is 0. The summed E-state index contributed by atoms with van der Waals surface area (Å²) in [5.41, 5.74) is 6.47. The summed E-state index contributed by atoms with van der Waals surface area (Å²) in [4.78, 5) is 6.52. The van der Waals surface area contributed by atoms with Crippen LogP contribution in [0.5, 0.6) is 0 Å². The van der Waals surface area contributed by atoms with Crippen LogP contribution in [-0.2, 0) is 0 Å². The van der Waals surface area contributed by atoms with Crippen LogP contribution in [-0.4, -0.2) is 29.8 Å². The molecule has 4 heteroatoms. The smallest absolute Gasteiger partial charge is 0.130 e. The highest BCUT2D eigenvalue weighted by Crippen LogP contribution is 2.22. The maximum atomic E-state index is 9.04. The van der Waals surface area contributed by atoms with Gasteiger partial charge in [0, 0.05) is 37.6 Å². The van der Waals surface area contributed by atoms with E-state index in [0.717, 1.165) is 37.4 Å². The fourth-order valence-corrected chi connectivity index (χ4v) is 1.95. The highest BCUT2D eigenvalue weighted by molar-refractivity contribution is 5.50. The van der Waals surface area contributed by atoms with E-state index in [1.165, 1.54) is 0 Å². The van der Waals surface area contributed by atoms with E-state index in [-0.39, 0.29) is 0 Å². The van der Waals surface area contributed by atoms with Gasteiger partial charge in [0.15, 0.2) is 0 Å². The van der Waals surface area contributed by atoms with Crippen LogP contribution in [0.25, 0.3) is 0 Å². The number of piperidine rings is 1. The molecule has 1 aromatic rings. The molecular formula is C11H17N3O. The van der Waals surface area contributed by atoms with Gasteiger partial charge in [-0.25, -0.2) is 4.98 Å². The van der Waals surface area contributed by atoms with Gasteiger partial charge in [0.25, 0.3) is 0 Å². The summed E-state index contributed by atoms with van der Waals surface area (Å²) in [5, 5.41) is 9.04. The largest absolute Gasteiger partial charge is 0.399 e. The highest BCUT2D eigenvalue weighted by Gasteiger charge is 2.19. The van der Waals surface area contributed by atoms with E-state index in [1.54, 1.807) is 12.3 Å². The van der Waals surface area contributed by atoms with Crippen molar-refractivity contribution in [3.05, 3.63) is 18.3 Å². The summed E-state index contributed by atoms with van der Waals surface area (Å²) in [6.45, 7) is 2.22. The van der Waals surface area contributed by atoms with Gasteiger partial charge in [0.05, 0.1) is 0 Å². The van der Waals surface area contributed by atoms with Gasteiger partial charge in [-0.15, -0.1) is 0 Å². The average Bonchev–Trinajstić information content (AvgIpc) is 2.29. The molecule has 4 nitrogen and oxygen atoms in total. The molecule has 0 amide bonds. The molecule has 1 aliphatic heterocycles. The molecule has 1 fully saturated rings. The van der Waals surface area contributed by atoms with Gasteiger partial charge in [-0.2, -0.15) is 0 Å². The van der Waals surface area contributed by atoms with Crippen molar-refractivity contribution in [3.63, 3.8) is 0 Å². The van der Waals surface area contributed by atoms with Crippen molar-refractivity contribution in [3.8, 4) is 0 Å². The standard InChI is InChI=1S/C11H17N3O/c12-10-1-4-13-11(7-10)14-5-2-9(8-15)3-6-14/h1,4,7,9,15H,2-3,5-6,8H2,(H2,12,13). The van der Waals surface area contributed by atoms with Crippen LogP contribution >= 0.6 is 0 Å². The fraction of sp³-hybridized carbons (Fsp3) is 0.545. The minimum absolute atomic E-state index is 0.304. The van der Waals surface area contributed by atoms with Crippen molar-refractivity contribution in [1.29, 1.82) is 0 Å². The quantitative estimate of drug-likeness (QED) is 0.755. The number of nitrogen functional groups attached to an aromatic ring is 1. The molecule has 82 valence electrons. The van der Waals surface area contributed by atoms with Crippen molar-refractivity contribution in [2.45, 2.75) is 12.8 Å². The fourth-order valence-electron chi connectivity index (χ4n) is 1.95. The Bertz CT molecular complexity index is 321. The topological polar surface area (TPSA) is 62.4 Å². The monoisotopic (exact) mass is 207 g/mol. The van der Waals surface area contributed by atoms with Crippen LogP contribution in [0.3, 0.4) is 0 Å². The Labute approximate surface area is 89.7 Å². The minimum Gasteiger partial charge on any atom is -0.399 e. The van der Waals surface area contributed by atoms with Crippen LogP contribution < -0.4 is 10.6 Å². The molecule has 0 spiro atoms. The second kappa shape index (κ2) is 4.49. The van der Waals surface area contributed by atoms with Gasteiger partial charge in [-0.1, -0.05) is 0 Å². The number of hydrogen-bond donors (Lipinski definition) is 2. The van der Waals surface area contributed by atoms with Crippen LogP contribution in [0.2, 0.25) is 0 Å². The maximum Gasteiger partial charge on any atom is 0.130 e. The van der Waals surface area contributed by atoms with Gasteiger partial charge in [-0.3, -0.25) is 0 Å². The molecule has 0 radical (unpaired) electrons. The first-order valence-electron chi connectivity index (χ1n) is 5.37. The van der Waals surface area contributed by atoms with Gasteiger partial charge in [0.2, 0.25) is 0 Å². The molecule has 0 saturated carbocycles. The lowest BCUT2D eigenvalue weighted by atomic mass is 9.98. The predicted molar refractivity (Wildman–Crippen MR) is 60.7 cm³/mol. The predicted octanol–water partition coefficient (Wildman–Crippen LogP) is 0.872. The second-order valence-corrected chi connectivity index (χ2v) is 4.06. The van der Waals surface area contributed by atoms with Crippen LogP contribution in [0.15, 0.2) is 18.3 Å². The Balaban J connectivity index is 2.01. The van der Waals surface area contributed by atoms with E-state index in [0.29, 0.717) is 12.5 Å². The minimum atomic E-state index is 0.304. The van der Waals surface area contributed by atoms with E-state index in [2.05, 4.69) is 9.88 Å². The zero-order valence-electron chi connectivity index (χ0n) is 8.76. The number of aliphatic hydroxyl groups excluding tert-OH is 1. The number of hydrogen-bond acceptors (Lipinski definition) is 4. The van der Waals surface area contributed by atoms with Crippen molar-refractivity contribution >= 4 is 11.5 Å². The summed E-state index contributed by atoms with van der Waals surface area (Å²) in [5.74, 6) is 1.41. The van der Waals surface area contributed by atoms with Gasteiger partial charge >= 0.3 is 0 Å². The van der Waals surface area contributed by atoms with Crippen molar-refractivity contribution in [2.75, 3.05) is 30.3 Å². The first-order valence-corrected chi connectivity index (χ1v) is 5.37. The van der Waals surface area contributed by atoms with Crippen molar-refractivity contribution in [1.82, 2.24) is 4.98 Å². The summed E-state index contributed by atoms with van der Waals surface area (Å²) < 4.78 is 0. The SMILES string of the molecule is Nc1ccnc(N2CCC(CO)CC2)c1. The van der Waals surface area contributed by atoms with Crippen LogP contribution in [0, 0.1) is 5.92 Å². The van der Waals surface area contributed by atoms with Crippen molar-refractivity contribution < 1.29 is 5.11 Å². The molecule has 0 unspecified atom stereocenters. The van der Waals surface area contributed by atoms with Crippen LogP contribution in [0.4, 0.5) is 11.5 Å². The summed E-state index contributed by atoms with van der Waals surface area (Å²) in [6, 6.07) is 3.70. The van der Waals surface area contributed by atoms with E-state index >= 15 is 0 Å². The van der Waals surface area contributed by atoms with E-state index in [4.69, 9.17) is 10.8 Å². The van der Waals surface area contributed by atoms with E-state index < -0.39 is 0 Å². The Hall–Kier alpha value is -1.29. The second-order valence-electron chi connectivity index (χ2n) is 4.06. The van der Waals surface area contributed by atoms with Gasteiger partial charge < -0.3 is 15.7 Å². The molecule has 15 heavy (non-hydrogen) atoms. The third-order valence-corrected chi connectivity index (χ3v) is 2.97. The molecule has 0 atom stereocenters. The Morgan fingerprint density at radius 3 is 2.80 bits per heavy atom.